The Hall–Kier alpha value is -2.98. The molecule has 1 N–H and O–H groups in total. The van der Waals surface area contributed by atoms with E-state index in [1.54, 1.807) is 14.2 Å². The lowest BCUT2D eigenvalue weighted by molar-refractivity contribution is 0.412. The fourth-order valence-electron chi connectivity index (χ4n) is 5.20. The van der Waals surface area contributed by atoms with Gasteiger partial charge in [-0.05, 0) is 97.6 Å². The maximum absolute atomic E-state index is 5.64. The highest BCUT2D eigenvalue weighted by Crippen LogP contribution is 2.40. The minimum absolute atomic E-state index is 0.499. The molecule has 0 fully saturated rings. The first-order valence-electron chi connectivity index (χ1n) is 13.0. The minimum Gasteiger partial charge on any atom is -0.497 e. The van der Waals surface area contributed by atoms with Crippen molar-refractivity contribution in [2.75, 3.05) is 38.8 Å². The fourth-order valence-corrected chi connectivity index (χ4v) is 5.20. The first kappa shape index (κ1) is 25.1. The molecular weight excluding hydrogens is 432 g/mol. The van der Waals surface area contributed by atoms with Crippen molar-refractivity contribution in [3.8, 4) is 11.5 Å². The topological polar surface area (TPSA) is 33.7 Å². The summed E-state index contributed by atoms with van der Waals surface area (Å²) in [4.78, 5) is 2.50. The average Bonchev–Trinajstić information content (AvgIpc) is 2.91. The summed E-state index contributed by atoms with van der Waals surface area (Å²) in [5.74, 6) is 2.37. The third-order valence-electron chi connectivity index (χ3n) is 7.28. The molecule has 3 aromatic rings. The largest absolute Gasteiger partial charge is 0.497 e. The standard InChI is InChI=1S/C31H40N2O2/c1-5-32-18-17-23-7-9-24(10-8-23)22-33(6-2)31-21-29(35-4)15-16-30(31)27-12-11-26-20-28(34-3)14-13-25(26)19-27/h7-10,13-16,20-21,27,32H,5-6,11-12,17-19,22H2,1-4H3/t27-/m1/s1. The lowest BCUT2D eigenvalue weighted by atomic mass is 9.79. The van der Waals surface area contributed by atoms with Gasteiger partial charge in [0.1, 0.15) is 11.5 Å². The van der Waals surface area contributed by atoms with Crippen LogP contribution in [0.25, 0.3) is 0 Å². The van der Waals surface area contributed by atoms with Gasteiger partial charge in [-0.25, -0.2) is 0 Å². The van der Waals surface area contributed by atoms with E-state index < -0.39 is 0 Å². The molecule has 0 saturated heterocycles. The van der Waals surface area contributed by atoms with E-state index in [2.05, 4.69) is 84.7 Å². The molecule has 0 aromatic heterocycles. The molecule has 4 nitrogen and oxygen atoms in total. The molecule has 0 radical (unpaired) electrons. The van der Waals surface area contributed by atoms with Gasteiger partial charge in [0, 0.05) is 24.8 Å². The normalized spacial score (nSPS) is 14.9. The van der Waals surface area contributed by atoms with Crippen LogP contribution in [0.1, 0.15) is 54.0 Å². The zero-order chi connectivity index (χ0) is 24.6. The number of aryl methyl sites for hydroxylation is 1. The average molecular weight is 473 g/mol. The molecule has 35 heavy (non-hydrogen) atoms. The van der Waals surface area contributed by atoms with E-state index in [1.807, 2.05) is 0 Å². The Morgan fingerprint density at radius 3 is 2.29 bits per heavy atom. The van der Waals surface area contributed by atoms with Crippen molar-refractivity contribution in [1.29, 1.82) is 0 Å². The van der Waals surface area contributed by atoms with Crippen LogP contribution in [0, 0.1) is 0 Å². The van der Waals surface area contributed by atoms with Crippen LogP contribution in [0.2, 0.25) is 0 Å². The van der Waals surface area contributed by atoms with Gasteiger partial charge in [0.25, 0.3) is 0 Å². The van der Waals surface area contributed by atoms with Gasteiger partial charge in [-0.2, -0.15) is 0 Å². The molecule has 0 amide bonds. The van der Waals surface area contributed by atoms with E-state index in [-0.39, 0.29) is 0 Å². The molecule has 0 aliphatic heterocycles. The third kappa shape index (κ3) is 6.18. The molecular formula is C31H40N2O2. The number of methoxy groups -OCH3 is 2. The number of benzene rings is 3. The van der Waals surface area contributed by atoms with Crippen LogP contribution in [0.3, 0.4) is 0 Å². The Morgan fingerprint density at radius 1 is 0.857 bits per heavy atom. The highest BCUT2D eigenvalue weighted by molar-refractivity contribution is 5.60. The number of hydrogen-bond acceptors (Lipinski definition) is 4. The van der Waals surface area contributed by atoms with Gasteiger partial charge in [0.15, 0.2) is 0 Å². The highest BCUT2D eigenvalue weighted by Gasteiger charge is 2.24. The van der Waals surface area contributed by atoms with Gasteiger partial charge in [-0.1, -0.05) is 43.3 Å². The molecule has 1 atom stereocenters. The van der Waals surface area contributed by atoms with Crippen molar-refractivity contribution in [2.45, 2.75) is 52.0 Å². The number of fused-ring (bicyclic) bond motifs is 1. The van der Waals surface area contributed by atoms with Crippen LogP contribution in [0.15, 0.2) is 60.7 Å². The predicted octanol–water partition coefficient (Wildman–Crippen LogP) is 6.15. The van der Waals surface area contributed by atoms with Gasteiger partial charge in [0.2, 0.25) is 0 Å². The molecule has 0 unspecified atom stereocenters. The molecule has 0 bridgehead atoms. The number of ether oxygens (including phenoxy) is 2. The van der Waals surface area contributed by atoms with E-state index in [1.165, 1.54) is 33.5 Å². The summed E-state index contributed by atoms with van der Waals surface area (Å²) < 4.78 is 11.1. The maximum Gasteiger partial charge on any atom is 0.120 e. The molecule has 186 valence electrons. The summed E-state index contributed by atoms with van der Waals surface area (Å²) in [6.07, 6.45) is 4.37. The Morgan fingerprint density at radius 2 is 1.57 bits per heavy atom. The van der Waals surface area contributed by atoms with Crippen LogP contribution in [0.5, 0.6) is 11.5 Å². The zero-order valence-corrected chi connectivity index (χ0v) is 21.8. The number of nitrogens with one attached hydrogen (secondary N) is 1. The number of likely N-dealkylation sites (N-methyl/N-ethyl adjacent to an activating group) is 1. The quantitative estimate of drug-likeness (QED) is 0.339. The molecule has 3 aromatic carbocycles. The first-order valence-corrected chi connectivity index (χ1v) is 13.0. The summed E-state index contributed by atoms with van der Waals surface area (Å²) in [6, 6.07) is 22.3. The van der Waals surface area contributed by atoms with Gasteiger partial charge >= 0.3 is 0 Å². The van der Waals surface area contributed by atoms with E-state index >= 15 is 0 Å². The lowest BCUT2D eigenvalue weighted by Crippen LogP contribution is -2.25. The molecule has 0 heterocycles. The molecule has 1 aliphatic carbocycles. The number of rotatable bonds is 11. The van der Waals surface area contributed by atoms with Crippen molar-refractivity contribution >= 4 is 5.69 Å². The maximum atomic E-state index is 5.64. The second-order valence-electron chi connectivity index (χ2n) is 9.43. The fraction of sp³-hybridized carbons (Fsp3) is 0.419. The predicted molar refractivity (Wildman–Crippen MR) is 146 cm³/mol. The Balaban J connectivity index is 1.56. The Labute approximate surface area is 211 Å². The molecule has 1 aliphatic rings. The lowest BCUT2D eigenvalue weighted by Gasteiger charge is -2.32. The van der Waals surface area contributed by atoms with Crippen molar-refractivity contribution in [3.05, 3.63) is 88.5 Å². The highest BCUT2D eigenvalue weighted by atomic mass is 16.5. The van der Waals surface area contributed by atoms with Crippen LogP contribution >= 0.6 is 0 Å². The molecule has 0 spiro atoms. The van der Waals surface area contributed by atoms with Gasteiger partial charge in [-0.15, -0.1) is 0 Å². The SMILES string of the molecule is CCNCCc1ccc(CN(CC)c2cc(OC)ccc2[C@@H]2CCc3cc(OC)ccc3C2)cc1. The first-order chi connectivity index (χ1) is 17.1. The monoisotopic (exact) mass is 472 g/mol. The van der Waals surface area contributed by atoms with Gasteiger partial charge in [0.05, 0.1) is 14.2 Å². The second-order valence-corrected chi connectivity index (χ2v) is 9.43. The van der Waals surface area contributed by atoms with Crippen LogP contribution < -0.4 is 19.7 Å². The second kappa shape index (κ2) is 12.1. The number of nitrogens with zero attached hydrogens (tertiary/aromatic N) is 1. The van der Waals surface area contributed by atoms with E-state index in [0.29, 0.717) is 5.92 Å². The van der Waals surface area contributed by atoms with Crippen LogP contribution in [-0.4, -0.2) is 33.9 Å². The van der Waals surface area contributed by atoms with E-state index in [0.717, 1.165) is 63.4 Å². The summed E-state index contributed by atoms with van der Waals surface area (Å²) in [7, 11) is 3.50. The molecule has 4 heteroatoms. The smallest absolute Gasteiger partial charge is 0.120 e. The third-order valence-corrected chi connectivity index (χ3v) is 7.28. The van der Waals surface area contributed by atoms with Crippen molar-refractivity contribution < 1.29 is 9.47 Å². The molecule has 0 saturated carbocycles. The summed E-state index contributed by atoms with van der Waals surface area (Å²) in [6.45, 7) is 8.29. The van der Waals surface area contributed by atoms with Crippen LogP contribution in [-0.2, 0) is 25.8 Å². The van der Waals surface area contributed by atoms with E-state index in [4.69, 9.17) is 9.47 Å². The number of anilines is 1. The van der Waals surface area contributed by atoms with Gasteiger partial charge in [-0.3, -0.25) is 0 Å². The van der Waals surface area contributed by atoms with Crippen molar-refractivity contribution in [2.24, 2.45) is 0 Å². The minimum atomic E-state index is 0.499. The van der Waals surface area contributed by atoms with Crippen LogP contribution in [0.4, 0.5) is 5.69 Å². The van der Waals surface area contributed by atoms with Crippen molar-refractivity contribution in [1.82, 2.24) is 5.32 Å². The number of hydrogen-bond donors (Lipinski definition) is 1. The Kier molecular flexibility index (Phi) is 8.70. The van der Waals surface area contributed by atoms with E-state index in [9.17, 15) is 0 Å². The Bertz CT molecular complexity index is 1090. The summed E-state index contributed by atoms with van der Waals surface area (Å²) >= 11 is 0. The zero-order valence-electron chi connectivity index (χ0n) is 21.8. The summed E-state index contributed by atoms with van der Waals surface area (Å²) in [5.41, 5.74) is 8.32. The van der Waals surface area contributed by atoms with Gasteiger partial charge < -0.3 is 19.7 Å². The summed E-state index contributed by atoms with van der Waals surface area (Å²) in [5, 5.41) is 3.41. The van der Waals surface area contributed by atoms with Crippen molar-refractivity contribution in [3.63, 3.8) is 0 Å². The molecule has 4 rings (SSSR count).